The van der Waals surface area contributed by atoms with Crippen LogP contribution in [0.4, 0.5) is 0 Å². The van der Waals surface area contributed by atoms with Gasteiger partial charge in [0.05, 0.1) is 6.61 Å². The third-order valence-electron chi connectivity index (χ3n) is 2.93. The average Bonchev–Trinajstić information content (AvgIpc) is 3.00. The summed E-state index contributed by atoms with van der Waals surface area (Å²) in [5.74, 6) is 1.61. The molecular formula is C16H22N2O2S. The minimum atomic E-state index is 0.475. The van der Waals surface area contributed by atoms with Crippen LogP contribution in [0.3, 0.4) is 0 Å². The predicted octanol–water partition coefficient (Wildman–Crippen LogP) is 3.62. The normalized spacial score (nSPS) is 10.6. The van der Waals surface area contributed by atoms with Gasteiger partial charge in [-0.1, -0.05) is 19.1 Å². The molecule has 114 valence electrons. The summed E-state index contributed by atoms with van der Waals surface area (Å²) in [5.41, 5.74) is 1.12. The van der Waals surface area contributed by atoms with Gasteiger partial charge in [-0.15, -0.1) is 11.3 Å². The summed E-state index contributed by atoms with van der Waals surface area (Å²) in [7, 11) is 0. The summed E-state index contributed by atoms with van der Waals surface area (Å²) in [4.78, 5) is 4.25. The van der Waals surface area contributed by atoms with E-state index in [9.17, 15) is 0 Å². The maximum absolute atomic E-state index is 5.98. The van der Waals surface area contributed by atoms with Crippen molar-refractivity contribution in [2.45, 2.75) is 33.4 Å². The first kappa shape index (κ1) is 15.8. The Hall–Kier alpha value is -1.59. The molecule has 4 nitrogen and oxygen atoms in total. The minimum absolute atomic E-state index is 0.475. The van der Waals surface area contributed by atoms with Crippen LogP contribution >= 0.6 is 11.3 Å². The van der Waals surface area contributed by atoms with Gasteiger partial charge in [0.15, 0.2) is 11.5 Å². The van der Waals surface area contributed by atoms with Gasteiger partial charge in [-0.25, -0.2) is 4.98 Å². The number of nitrogens with zero attached hydrogens (tertiary/aromatic N) is 1. The van der Waals surface area contributed by atoms with Crippen LogP contribution in [0.25, 0.3) is 0 Å². The standard InChI is InChI=1S/C16H22N2O2S/c1-3-8-17-11-13-6-5-7-14(19-4-2)16(13)20-12-15-18-9-10-21-15/h5-7,9-10,17H,3-4,8,11-12H2,1-2H3. The molecule has 2 aromatic rings. The third kappa shape index (κ3) is 4.72. The average molecular weight is 306 g/mol. The fraction of sp³-hybridized carbons (Fsp3) is 0.438. The van der Waals surface area contributed by atoms with Crippen molar-refractivity contribution in [2.75, 3.05) is 13.2 Å². The largest absolute Gasteiger partial charge is 0.490 e. The summed E-state index contributed by atoms with van der Waals surface area (Å²) < 4.78 is 11.7. The molecule has 21 heavy (non-hydrogen) atoms. The van der Waals surface area contributed by atoms with E-state index in [4.69, 9.17) is 9.47 Å². The topological polar surface area (TPSA) is 43.4 Å². The van der Waals surface area contributed by atoms with Crippen LogP contribution < -0.4 is 14.8 Å². The van der Waals surface area contributed by atoms with Gasteiger partial charge in [-0.2, -0.15) is 0 Å². The number of nitrogens with one attached hydrogen (secondary N) is 1. The second kappa shape index (κ2) is 8.64. The van der Waals surface area contributed by atoms with Crippen molar-refractivity contribution in [3.63, 3.8) is 0 Å². The van der Waals surface area contributed by atoms with Gasteiger partial charge in [-0.3, -0.25) is 0 Å². The monoisotopic (exact) mass is 306 g/mol. The first-order chi connectivity index (χ1) is 10.3. The van der Waals surface area contributed by atoms with Crippen molar-refractivity contribution in [1.29, 1.82) is 0 Å². The van der Waals surface area contributed by atoms with E-state index in [1.54, 1.807) is 17.5 Å². The second-order valence-electron chi connectivity index (χ2n) is 4.57. The number of ether oxygens (including phenoxy) is 2. The van der Waals surface area contributed by atoms with Crippen molar-refractivity contribution < 1.29 is 9.47 Å². The summed E-state index contributed by atoms with van der Waals surface area (Å²) in [5, 5.41) is 6.33. The van der Waals surface area contributed by atoms with E-state index in [2.05, 4.69) is 23.3 Å². The predicted molar refractivity (Wildman–Crippen MR) is 86.1 cm³/mol. The van der Waals surface area contributed by atoms with Crippen molar-refractivity contribution in [2.24, 2.45) is 0 Å². The zero-order chi connectivity index (χ0) is 14.9. The first-order valence-electron chi connectivity index (χ1n) is 7.31. The Morgan fingerprint density at radius 1 is 1.24 bits per heavy atom. The Morgan fingerprint density at radius 2 is 2.14 bits per heavy atom. The Bertz CT molecular complexity index is 529. The lowest BCUT2D eigenvalue weighted by Crippen LogP contribution is -2.15. The molecule has 0 aliphatic carbocycles. The smallest absolute Gasteiger partial charge is 0.166 e. The van der Waals surface area contributed by atoms with Crippen molar-refractivity contribution in [3.8, 4) is 11.5 Å². The van der Waals surface area contributed by atoms with Crippen LogP contribution in [0, 0.1) is 0 Å². The number of hydrogen-bond acceptors (Lipinski definition) is 5. The van der Waals surface area contributed by atoms with E-state index >= 15 is 0 Å². The minimum Gasteiger partial charge on any atom is -0.490 e. The molecule has 1 N–H and O–H groups in total. The lowest BCUT2D eigenvalue weighted by molar-refractivity contribution is 0.266. The lowest BCUT2D eigenvalue weighted by atomic mass is 10.2. The maximum Gasteiger partial charge on any atom is 0.166 e. The van der Waals surface area contributed by atoms with Crippen LogP contribution in [0.1, 0.15) is 30.8 Å². The van der Waals surface area contributed by atoms with Crippen LogP contribution in [0.2, 0.25) is 0 Å². The molecule has 0 saturated carbocycles. The van der Waals surface area contributed by atoms with Crippen LogP contribution in [0.5, 0.6) is 11.5 Å². The molecule has 0 radical (unpaired) electrons. The zero-order valence-corrected chi connectivity index (χ0v) is 13.4. The molecule has 0 spiro atoms. The van der Waals surface area contributed by atoms with E-state index < -0.39 is 0 Å². The van der Waals surface area contributed by atoms with Gasteiger partial charge in [0, 0.05) is 23.7 Å². The molecule has 2 rings (SSSR count). The summed E-state index contributed by atoms with van der Waals surface area (Å²) in [6.07, 6.45) is 2.90. The number of hydrogen-bond donors (Lipinski definition) is 1. The zero-order valence-electron chi connectivity index (χ0n) is 12.6. The highest BCUT2D eigenvalue weighted by molar-refractivity contribution is 7.09. The van der Waals surface area contributed by atoms with E-state index in [0.29, 0.717) is 13.2 Å². The quantitative estimate of drug-likeness (QED) is 0.719. The number of para-hydroxylation sites is 1. The highest BCUT2D eigenvalue weighted by atomic mass is 32.1. The molecule has 1 aromatic heterocycles. The van der Waals surface area contributed by atoms with E-state index in [1.165, 1.54) is 0 Å². The molecule has 1 aromatic carbocycles. The van der Waals surface area contributed by atoms with Gasteiger partial charge < -0.3 is 14.8 Å². The molecule has 5 heteroatoms. The molecule has 0 unspecified atom stereocenters. The number of rotatable bonds is 9. The summed E-state index contributed by atoms with van der Waals surface area (Å²) in [6, 6.07) is 6.02. The van der Waals surface area contributed by atoms with Gasteiger partial charge in [0.1, 0.15) is 11.6 Å². The van der Waals surface area contributed by atoms with Crippen molar-refractivity contribution >= 4 is 11.3 Å². The van der Waals surface area contributed by atoms with E-state index in [-0.39, 0.29) is 0 Å². The van der Waals surface area contributed by atoms with Gasteiger partial charge in [0.2, 0.25) is 0 Å². The Balaban J connectivity index is 2.12. The highest BCUT2D eigenvalue weighted by Gasteiger charge is 2.11. The molecule has 0 fully saturated rings. The van der Waals surface area contributed by atoms with Crippen LogP contribution in [-0.2, 0) is 13.2 Å². The fourth-order valence-electron chi connectivity index (χ4n) is 1.99. The van der Waals surface area contributed by atoms with Gasteiger partial charge in [-0.05, 0) is 26.0 Å². The van der Waals surface area contributed by atoms with Crippen molar-refractivity contribution in [1.82, 2.24) is 10.3 Å². The molecule has 0 amide bonds. The summed E-state index contributed by atoms with van der Waals surface area (Å²) >= 11 is 1.60. The van der Waals surface area contributed by atoms with Gasteiger partial charge in [0.25, 0.3) is 0 Å². The second-order valence-corrected chi connectivity index (χ2v) is 5.55. The van der Waals surface area contributed by atoms with E-state index in [0.717, 1.165) is 41.6 Å². The third-order valence-corrected chi connectivity index (χ3v) is 3.68. The van der Waals surface area contributed by atoms with Crippen molar-refractivity contribution in [3.05, 3.63) is 40.3 Å². The SMILES string of the molecule is CCCNCc1cccc(OCC)c1OCc1nccs1. The Morgan fingerprint density at radius 3 is 2.86 bits per heavy atom. The number of aromatic nitrogens is 1. The number of benzene rings is 1. The molecule has 0 bridgehead atoms. The highest BCUT2D eigenvalue weighted by Crippen LogP contribution is 2.32. The fourth-order valence-corrected chi connectivity index (χ4v) is 2.52. The molecule has 0 saturated heterocycles. The molecule has 1 heterocycles. The Kier molecular flexibility index (Phi) is 6.50. The van der Waals surface area contributed by atoms with Crippen LogP contribution in [0.15, 0.2) is 29.8 Å². The lowest BCUT2D eigenvalue weighted by Gasteiger charge is -2.15. The summed E-state index contributed by atoms with van der Waals surface area (Å²) in [6.45, 7) is 7.00. The molecule has 0 aliphatic heterocycles. The van der Waals surface area contributed by atoms with Gasteiger partial charge >= 0.3 is 0 Å². The van der Waals surface area contributed by atoms with Crippen LogP contribution in [-0.4, -0.2) is 18.1 Å². The number of thiazole rings is 1. The molecule has 0 aliphatic rings. The maximum atomic E-state index is 5.98. The Labute approximate surface area is 130 Å². The molecule has 0 atom stereocenters. The molecular weight excluding hydrogens is 284 g/mol. The van der Waals surface area contributed by atoms with E-state index in [1.807, 2.05) is 24.4 Å². The first-order valence-corrected chi connectivity index (χ1v) is 8.19.